The average molecular weight is 234 g/mol. The number of aryl methyl sites for hydroxylation is 1. The van der Waals surface area contributed by atoms with Gasteiger partial charge in [-0.1, -0.05) is 48.0 Å². The summed E-state index contributed by atoms with van der Waals surface area (Å²) in [6, 6.07) is 22.4. The van der Waals surface area contributed by atoms with E-state index in [0.29, 0.717) is 0 Å². The standard InChI is InChI=1S/C17H14O/c1-13-7-8-15-12-17(10-9-14(15)11-13)18-16-5-3-2-4-6-16/h2-12H,1H3. The van der Waals surface area contributed by atoms with Crippen molar-refractivity contribution in [3.63, 3.8) is 0 Å². The minimum atomic E-state index is 0.865. The predicted molar refractivity (Wildman–Crippen MR) is 75.2 cm³/mol. The molecule has 3 rings (SSSR count). The second-order valence-corrected chi connectivity index (χ2v) is 4.43. The van der Waals surface area contributed by atoms with Gasteiger partial charge in [0.2, 0.25) is 0 Å². The highest BCUT2D eigenvalue weighted by atomic mass is 16.5. The van der Waals surface area contributed by atoms with Gasteiger partial charge in [0.1, 0.15) is 11.5 Å². The van der Waals surface area contributed by atoms with Crippen molar-refractivity contribution in [3.8, 4) is 11.5 Å². The molecule has 0 aliphatic carbocycles. The van der Waals surface area contributed by atoms with E-state index in [0.717, 1.165) is 11.5 Å². The van der Waals surface area contributed by atoms with Gasteiger partial charge in [0.15, 0.2) is 0 Å². The first kappa shape index (κ1) is 10.8. The molecule has 88 valence electrons. The van der Waals surface area contributed by atoms with Gasteiger partial charge in [0.05, 0.1) is 0 Å². The minimum absolute atomic E-state index is 0.865. The van der Waals surface area contributed by atoms with Crippen LogP contribution in [0.1, 0.15) is 5.56 Å². The monoisotopic (exact) mass is 234 g/mol. The molecule has 0 fully saturated rings. The van der Waals surface area contributed by atoms with E-state index >= 15 is 0 Å². The summed E-state index contributed by atoms with van der Waals surface area (Å²) >= 11 is 0. The Hall–Kier alpha value is -2.28. The molecule has 0 amide bonds. The van der Waals surface area contributed by atoms with Crippen molar-refractivity contribution in [2.45, 2.75) is 6.92 Å². The number of ether oxygens (including phenoxy) is 1. The molecular formula is C17H14O. The van der Waals surface area contributed by atoms with Crippen LogP contribution < -0.4 is 4.74 Å². The molecule has 0 spiro atoms. The largest absolute Gasteiger partial charge is 0.457 e. The van der Waals surface area contributed by atoms with E-state index in [1.165, 1.54) is 16.3 Å². The molecule has 0 aliphatic heterocycles. The smallest absolute Gasteiger partial charge is 0.128 e. The van der Waals surface area contributed by atoms with Gasteiger partial charge in [-0.15, -0.1) is 0 Å². The van der Waals surface area contributed by atoms with E-state index in [-0.39, 0.29) is 0 Å². The van der Waals surface area contributed by atoms with Crippen LogP contribution >= 0.6 is 0 Å². The van der Waals surface area contributed by atoms with Crippen LogP contribution in [-0.4, -0.2) is 0 Å². The van der Waals surface area contributed by atoms with Crippen molar-refractivity contribution in [3.05, 3.63) is 72.3 Å². The molecule has 1 nitrogen and oxygen atoms in total. The van der Waals surface area contributed by atoms with Gasteiger partial charge in [-0.25, -0.2) is 0 Å². The van der Waals surface area contributed by atoms with Crippen LogP contribution in [0.25, 0.3) is 10.8 Å². The first-order chi connectivity index (χ1) is 8.81. The summed E-state index contributed by atoms with van der Waals surface area (Å²) in [7, 11) is 0. The van der Waals surface area contributed by atoms with E-state index in [2.05, 4.69) is 37.3 Å². The Morgan fingerprint density at radius 1 is 0.667 bits per heavy atom. The van der Waals surface area contributed by atoms with Crippen molar-refractivity contribution in [2.24, 2.45) is 0 Å². The SMILES string of the molecule is Cc1ccc2cc(Oc3ccccc3)ccc2c1. The predicted octanol–water partition coefficient (Wildman–Crippen LogP) is 4.94. The molecule has 0 bridgehead atoms. The number of rotatable bonds is 2. The van der Waals surface area contributed by atoms with Gasteiger partial charge in [-0.05, 0) is 42.0 Å². The molecule has 0 aromatic heterocycles. The molecule has 0 atom stereocenters. The van der Waals surface area contributed by atoms with Crippen LogP contribution in [0.15, 0.2) is 66.7 Å². The maximum atomic E-state index is 5.82. The quantitative estimate of drug-likeness (QED) is 0.610. The molecule has 0 unspecified atom stereocenters. The summed E-state index contributed by atoms with van der Waals surface area (Å²) in [5.74, 6) is 1.74. The van der Waals surface area contributed by atoms with Crippen molar-refractivity contribution >= 4 is 10.8 Å². The van der Waals surface area contributed by atoms with Gasteiger partial charge in [-0.2, -0.15) is 0 Å². The zero-order valence-corrected chi connectivity index (χ0v) is 10.3. The number of para-hydroxylation sites is 1. The highest BCUT2D eigenvalue weighted by molar-refractivity contribution is 5.84. The number of benzene rings is 3. The fourth-order valence-electron chi connectivity index (χ4n) is 2.03. The molecule has 0 radical (unpaired) electrons. The maximum Gasteiger partial charge on any atom is 0.128 e. The minimum Gasteiger partial charge on any atom is -0.457 e. The third-order valence-corrected chi connectivity index (χ3v) is 2.95. The summed E-state index contributed by atoms with van der Waals surface area (Å²) in [4.78, 5) is 0. The first-order valence-corrected chi connectivity index (χ1v) is 6.04. The second kappa shape index (κ2) is 4.53. The summed E-state index contributed by atoms with van der Waals surface area (Å²) < 4.78 is 5.82. The van der Waals surface area contributed by atoms with Crippen molar-refractivity contribution in [2.75, 3.05) is 0 Å². The van der Waals surface area contributed by atoms with Gasteiger partial charge in [0, 0.05) is 0 Å². The summed E-state index contributed by atoms with van der Waals surface area (Å²) in [6.45, 7) is 2.10. The van der Waals surface area contributed by atoms with E-state index in [4.69, 9.17) is 4.74 Å². The third-order valence-electron chi connectivity index (χ3n) is 2.95. The van der Waals surface area contributed by atoms with Crippen LogP contribution in [0, 0.1) is 6.92 Å². The molecule has 18 heavy (non-hydrogen) atoms. The number of fused-ring (bicyclic) bond motifs is 1. The Bertz CT molecular complexity index is 672. The van der Waals surface area contributed by atoms with Gasteiger partial charge in [-0.3, -0.25) is 0 Å². The fraction of sp³-hybridized carbons (Fsp3) is 0.0588. The Morgan fingerprint density at radius 2 is 1.39 bits per heavy atom. The van der Waals surface area contributed by atoms with Crippen molar-refractivity contribution in [1.29, 1.82) is 0 Å². The molecule has 0 saturated heterocycles. The molecular weight excluding hydrogens is 220 g/mol. The zero-order chi connectivity index (χ0) is 12.4. The van der Waals surface area contributed by atoms with E-state index in [1.54, 1.807) is 0 Å². The van der Waals surface area contributed by atoms with E-state index in [1.807, 2.05) is 36.4 Å². The summed E-state index contributed by atoms with van der Waals surface area (Å²) in [6.07, 6.45) is 0. The van der Waals surface area contributed by atoms with Crippen LogP contribution in [0.2, 0.25) is 0 Å². The molecule has 0 aliphatic rings. The summed E-state index contributed by atoms with van der Waals surface area (Å²) in [5, 5.41) is 2.45. The highest BCUT2D eigenvalue weighted by Gasteiger charge is 1.99. The topological polar surface area (TPSA) is 9.23 Å². The number of hydrogen-bond donors (Lipinski definition) is 0. The molecule has 3 aromatic rings. The highest BCUT2D eigenvalue weighted by Crippen LogP contribution is 2.25. The zero-order valence-electron chi connectivity index (χ0n) is 10.3. The first-order valence-electron chi connectivity index (χ1n) is 6.04. The Balaban J connectivity index is 1.96. The molecule has 0 saturated carbocycles. The lowest BCUT2D eigenvalue weighted by Gasteiger charge is -2.07. The second-order valence-electron chi connectivity index (χ2n) is 4.43. The summed E-state index contributed by atoms with van der Waals surface area (Å²) in [5.41, 5.74) is 1.28. The molecule has 3 aromatic carbocycles. The van der Waals surface area contributed by atoms with Crippen LogP contribution in [0.4, 0.5) is 0 Å². The van der Waals surface area contributed by atoms with Gasteiger partial charge in [0.25, 0.3) is 0 Å². The lowest BCUT2D eigenvalue weighted by molar-refractivity contribution is 0.483. The van der Waals surface area contributed by atoms with Gasteiger partial charge < -0.3 is 4.74 Å². The van der Waals surface area contributed by atoms with Gasteiger partial charge >= 0.3 is 0 Å². The number of hydrogen-bond acceptors (Lipinski definition) is 1. The Morgan fingerprint density at radius 3 is 2.22 bits per heavy atom. The van der Waals surface area contributed by atoms with Crippen molar-refractivity contribution < 1.29 is 4.74 Å². The van der Waals surface area contributed by atoms with E-state index < -0.39 is 0 Å². The normalized spacial score (nSPS) is 10.5. The van der Waals surface area contributed by atoms with Crippen molar-refractivity contribution in [1.82, 2.24) is 0 Å². The molecule has 0 heterocycles. The van der Waals surface area contributed by atoms with Crippen LogP contribution in [0.3, 0.4) is 0 Å². The van der Waals surface area contributed by atoms with Crippen LogP contribution in [-0.2, 0) is 0 Å². The average Bonchev–Trinajstić information content (AvgIpc) is 2.40. The Kier molecular flexibility index (Phi) is 2.73. The lowest BCUT2D eigenvalue weighted by atomic mass is 10.1. The molecule has 0 N–H and O–H groups in total. The lowest BCUT2D eigenvalue weighted by Crippen LogP contribution is -1.84. The van der Waals surface area contributed by atoms with Crippen LogP contribution in [0.5, 0.6) is 11.5 Å². The fourth-order valence-corrected chi connectivity index (χ4v) is 2.03. The third kappa shape index (κ3) is 2.21. The maximum absolute atomic E-state index is 5.82. The molecule has 1 heteroatoms. The van der Waals surface area contributed by atoms with E-state index in [9.17, 15) is 0 Å². The Labute approximate surface area is 107 Å².